The third kappa shape index (κ3) is 3.72. The van der Waals surface area contributed by atoms with Crippen molar-refractivity contribution in [3.8, 4) is 5.75 Å². The molecule has 5 heteroatoms. The Bertz CT molecular complexity index is 654. The summed E-state index contributed by atoms with van der Waals surface area (Å²) in [5.41, 5.74) is 7.73. The first-order valence-electron chi connectivity index (χ1n) is 6.73. The van der Waals surface area contributed by atoms with Crippen molar-refractivity contribution in [1.82, 2.24) is 0 Å². The summed E-state index contributed by atoms with van der Waals surface area (Å²) in [6.45, 7) is 4.57. The number of nitrogen functional groups attached to an aromatic ring is 1. The molecule has 0 bridgehead atoms. The molecule has 2 N–H and O–H groups in total. The van der Waals surface area contributed by atoms with Gasteiger partial charge in [0.05, 0.1) is 4.92 Å². The molecule has 0 fully saturated rings. The minimum atomic E-state index is -0.494. The highest BCUT2D eigenvalue weighted by atomic mass is 16.6. The lowest BCUT2D eigenvalue weighted by Crippen LogP contribution is -2.00. The van der Waals surface area contributed by atoms with Crippen LogP contribution in [0.4, 0.5) is 11.4 Å². The van der Waals surface area contributed by atoms with Crippen LogP contribution in [0.25, 0.3) is 0 Å². The molecule has 0 saturated heterocycles. The largest absolute Gasteiger partial charge is 0.489 e. The number of nitro benzene ring substituents is 1. The molecule has 0 amide bonds. The van der Waals surface area contributed by atoms with E-state index in [2.05, 4.69) is 19.9 Å². The van der Waals surface area contributed by atoms with Gasteiger partial charge in [0.1, 0.15) is 18.0 Å². The molecule has 0 aromatic heterocycles. The number of benzene rings is 2. The van der Waals surface area contributed by atoms with Crippen LogP contribution in [0.5, 0.6) is 5.75 Å². The van der Waals surface area contributed by atoms with E-state index in [1.165, 1.54) is 11.6 Å². The Hall–Kier alpha value is -2.56. The molecular formula is C16H18N2O3. The summed E-state index contributed by atoms with van der Waals surface area (Å²) in [6, 6.07) is 12.5. The van der Waals surface area contributed by atoms with E-state index in [1.54, 1.807) is 12.1 Å². The van der Waals surface area contributed by atoms with Crippen LogP contribution in [-0.2, 0) is 6.61 Å². The number of hydrogen-bond acceptors (Lipinski definition) is 4. The summed E-state index contributed by atoms with van der Waals surface area (Å²) in [5, 5.41) is 10.7. The van der Waals surface area contributed by atoms with E-state index in [-0.39, 0.29) is 11.4 Å². The Balaban J connectivity index is 2.08. The molecule has 0 aliphatic carbocycles. The molecule has 2 aromatic carbocycles. The fraction of sp³-hybridized carbons (Fsp3) is 0.250. The maximum Gasteiger partial charge on any atom is 0.292 e. The van der Waals surface area contributed by atoms with Gasteiger partial charge in [0, 0.05) is 6.07 Å². The predicted octanol–water partition coefficient (Wildman–Crippen LogP) is 3.88. The Morgan fingerprint density at radius 2 is 2.00 bits per heavy atom. The molecule has 0 aliphatic heterocycles. The zero-order valence-electron chi connectivity index (χ0n) is 12.1. The second-order valence-corrected chi connectivity index (χ2v) is 5.17. The fourth-order valence-corrected chi connectivity index (χ4v) is 1.99. The summed E-state index contributed by atoms with van der Waals surface area (Å²) < 4.78 is 5.71. The van der Waals surface area contributed by atoms with Crippen LogP contribution in [0.2, 0.25) is 0 Å². The highest BCUT2D eigenvalue weighted by Gasteiger charge is 2.11. The first kappa shape index (κ1) is 14.8. The maximum atomic E-state index is 10.7. The lowest BCUT2D eigenvalue weighted by Gasteiger charge is -2.10. The number of hydrogen-bond donors (Lipinski definition) is 1. The van der Waals surface area contributed by atoms with Crippen LogP contribution < -0.4 is 10.5 Å². The van der Waals surface area contributed by atoms with E-state index in [0.717, 1.165) is 11.3 Å². The van der Waals surface area contributed by atoms with Gasteiger partial charge in [-0.1, -0.05) is 26.0 Å². The quantitative estimate of drug-likeness (QED) is 0.514. The summed E-state index contributed by atoms with van der Waals surface area (Å²) in [6.07, 6.45) is 0. The monoisotopic (exact) mass is 286 g/mol. The van der Waals surface area contributed by atoms with Gasteiger partial charge in [0.15, 0.2) is 0 Å². The van der Waals surface area contributed by atoms with E-state index in [9.17, 15) is 10.1 Å². The van der Waals surface area contributed by atoms with Crippen molar-refractivity contribution < 1.29 is 9.66 Å². The van der Waals surface area contributed by atoms with E-state index < -0.39 is 4.92 Å². The van der Waals surface area contributed by atoms with Gasteiger partial charge in [-0.2, -0.15) is 0 Å². The molecule has 0 saturated carbocycles. The molecule has 0 unspecified atom stereocenters. The molecule has 2 aromatic rings. The van der Waals surface area contributed by atoms with Gasteiger partial charge in [-0.25, -0.2) is 0 Å². The summed E-state index contributed by atoms with van der Waals surface area (Å²) >= 11 is 0. The van der Waals surface area contributed by atoms with Gasteiger partial charge < -0.3 is 10.5 Å². The fourth-order valence-electron chi connectivity index (χ4n) is 1.99. The molecule has 2 rings (SSSR count). The van der Waals surface area contributed by atoms with E-state index in [1.807, 2.05) is 18.2 Å². The van der Waals surface area contributed by atoms with Crippen LogP contribution >= 0.6 is 0 Å². The van der Waals surface area contributed by atoms with Gasteiger partial charge in [0.25, 0.3) is 5.69 Å². The zero-order valence-corrected chi connectivity index (χ0v) is 12.1. The molecule has 110 valence electrons. The smallest absolute Gasteiger partial charge is 0.292 e. The predicted molar refractivity (Wildman–Crippen MR) is 82.4 cm³/mol. The van der Waals surface area contributed by atoms with Gasteiger partial charge in [-0.15, -0.1) is 0 Å². The van der Waals surface area contributed by atoms with Gasteiger partial charge in [0.2, 0.25) is 0 Å². The molecular weight excluding hydrogens is 268 g/mol. The number of anilines is 1. The van der Waals surface area contributed by atoms with Gasteiger partial charge in [-0.3, -0.25) is 10.1 Å². The van der Waals surface area contributed by atoms with E-state index in [0.29, 0.717) is 12.5 Å². The first-order chi connectivity index (χ1) is 9.97. The van der Waals surface area contributed by atoms with Crippen LogP contribution in [0.15, 0.2) is 42.5 Å². The summed E-state index contributed by atoms with van der Waals surface area (Å²) in [7, 11) is 0. The highest BCUT2D eigenvalue weighted by Crippen LogP contribution is 2.24. The Labute approximate surface area is 123 Å². The third-order valence-corrected chi connectivity index (χ3v) is 3.22. The van der Waals surface area contributed by atoms with Crippen molar-refractivity contribution in [3.63, 3.8) is 0 Å². The van der Waals surface area contributed by atoms with E-state index >= 15 is 0 Å². The number of nitrogens with zero attached hydrogens (tertiary/aromatic N) is 1. The van der Waals surface area contributed by atoms with Gasteiger partial charge >= 0.3 is 0 Å². The Kier molecular flexibility index (Phi) is 4.42. The normalized spacial score (nSPS) is 10.6. The SMILES string of the molecule is CC(C)c1cccc(OCc2ccc([N+](=O)[O-])c(N)c2)c1. The average Bonchev–Trinajstić information content (AvgIpc) is 2.45. The van der Waals surface area contributed by atoms with Crippen molar-refractivity contribution in [2.45, 2.75) is 26.4 Å². The van der Waals surface area contributed by atoms with Crippen LogP contribution in [0, 0.1) is 10.1 Å². The third-order valence-electron chi connectivity index (χ3n) is 3.22. The van der Waals surface area contributed by atoms with E-state index in [4.69, 9.17) is 10.5 Å². The minimum Gasteiger partial charge on any atom is -0.489 e. The first-order valence-corrected chi connectivity index (χ1v) is 6.73. The number of ether oxygens (including phenoxy) is 1. The van der Waals surface area contributed by atoms with Crippen molar-refractivity contribution in [3.05, 3.63) is 63.7 Å². The summed E-state index contributed by atoms with van der Waals surface area (Å²) in [4.78, 5) is 10.2. The Morgan fingerprint density at radius 3 is 2.62 bits per heavy atom. The van der Waals surface area contributed by atoms with Gasteiger partial charge in [-0.05, 0) is 41.3 Å². The summed E-state index contributed by atoms with van der Waals surface area (Å²) in [5.74, 6) is 1.21. The Morgan fingerprint density at radius 1 is 1.24 bits per heavy atom. The number of nitrogens with two attached hydrogens (primary N) is 1. The highest BCUT2D eigenvalue weighted by molar-refractivity contribution is 5.59. The molecule has 0 spiro atoms. The zero-order chi connectivity index (χ0) is 15.4. The van der Waals surface area contributed by atoms with Crippen LogP contribution in [-0.4, -0.2) is 4.92 Å². The lowest BCUT2D eigenvalue weighted by atomic mass is 10.0. The second-order valence-electron chi connectivity index (χ2n) is 5.17. The number of rotatable bonds is 5. The molecule has 0 heterocycles. The maximum absolute atomic E-state index is 10.7. The van der Waals surface area contributed by atoms with Crippen molar-refractivity contribution in [1.29, 1.82) is 0 Å². The lowest BCUT2D eigenvalue weighted by molar-refractivity contribution is -0.383. The molecule has 5 nitrogen and oxygen atoms in total. The molecule has 0 atom stereocenters. The second kappa shape index (κ2) is 6.26. The van der Waals surface area contributed by atoms with Crippen molar-refractivity contribution in [2.24, 2.45) is 0 Å². The number of nitro groups is 1. The molecule has 21 heavy (non-hydrogen) atoms. The minimum absolute atomic E-state index is 0.0828. The molecule has 0 aliphatic rings. The molecule has 0 radical (unpaired) electrons. The average molecular weight is 286 g/mol. The van der Waals surface area contributed by atoms with Crippen LogP contribution in [0.1, 0.15) is 30.9 Å². The van der Waals surface area contributed by atoms with Crippen molar-refractivity contribution >= 4 is 11.4 Å². The van der Waals surface area contributed by atoms with Crippen LogP contribution in [0.3, 0.4) is 0 Å². The topological polar surface area (TPSA) is 78.4 Å². The standard InChI is InChI=1S/C16H18N2O3/c1-11(2)13-4-3-5-14(9-13)21-10-12-6-7-16(18(19)20)15(17)8-12/h3-9,11H,10,17H2,1-2H3. The van der Waals surface area contributed by atoms with Crippen molar-refractivity contribution in [2.75, 3.05) is 5.73 Å².